The molecule has 0 bridgehead atoms. The lowest BCUT2D eigenvalue weighted by atomic mass is 9.61. The Morgan fingerprint density at radius 3 is 2.69 bits per heavy atom. The third-order valence-corrected chi connectivity index (χ3v) is 5.91. The van der Waals surface area contributed by atoms with Crippen LogP contribution in [0.25, 0.3) is 5.57 Å². The summed E-state index contributed by atoms with van der Waals surface area (Å²) in [5.41, 5.74) is 13.3. The van der Waals surface area contributed by atoms with Crippen molar-refractivity contribution in [3.63, 3.8) is 0 Å². The lowest BCUT2D eigenvalue weighted by molar-refractivity contribution is 0.444. The van der Waals surface area contributed by atoms with Gasteiger partial charge in [-0.25, -0.2) is 0 Å². The molecular weight excluding hydrogens is 318 g/mol. The Morgan fingerprint density at radius 1 is 1.19 bits per heavy atom. The van der Waals surface area contributed by atoms with Crippen LogP contribution in [-0.2, 0) is 0 Å². The molecule has 26 heavy (non-hydrogen) atoms. The number of aliphatic imine (C=N–C) groups is 1. The van der Waals surface area contributed by atoms with Gasteiger partial charge in [0.05, 0.1) is 11.3 Å². The zero-order valence-corrected chi connectivity index (χ0v) is 15.9. The van der Waals surface area contributed by atoms with Crippen molar-refractivity contribution >= 4 is 17.0 Å². The number of hydrogen-bond acceptors (Lipinski definition) is 3. The highest BCUT2D eigenvalue weighted by molar-refractivity contribution is 6.59. The molecule has 3 aliphatic carbocycles. The highest BCUT2D eigenvalue weighted by Gasteiger charge is 2.49. The number of hydrazone groups is 1. The van der Waals surface area contributed by atoms with E-state index in [9.17, 15) is 0 Å². The Balaban J connectivity index is 1.81. The fraction of sp³-hybridized carbons (Fsp3) is 0.391. The molecule has 0 fully saturated rings. The Hall–Kier alpha value is -2.42. The van der Waals surface area contributed by atoms with Crippen molar-refractivity contribution < 1.29 is 0 Å². The average Bonchev–Trinajstić information content (AvgIpc) is 2.60. The molecule has 1 aliphatic heterocycles. The van der Waals surface area contributed by atoms with Crippen LogP contribution >= 0.6 is 0 Å². The standard InChI is InChI=1S/C23H25N3/c1-13(2)25-26-21-17-9-6-5-8-15(17)16-10-7-11-18-19(16)22(21)24-23(4)12-14(3)20(18)23/h7-13,20,25H,5-6H2,1-4H3/b26-21-. The SMILES string of the molecule is CC1=CC2(C)N=C3/C(=N\NC(C)C)C4=CCCC=C4c4cccc(c43)C12. The van der Waals surface area contributed by atoms with Gasteiger partial charge in [0.25, 0.3) is 0 Å². The van der Waals surface area contributed by atoms with Gasteiger partial charge >= 0.3 is 0 Å². The van der Waals surface area contributed by atoms with Gasteiger partial charge in [-0.05, 0) is 57.2 Å². The molecule has 1 aromatic rings. The monoisotopic (exact) mass is 343 g/mol. The summed E-state index contributed by atoms with van der Waals surface area (Å²) in [6.45, 7) is 8.73. The quantitative estimate of drug-likeness (QED) is 0.610. The molecule has 3 heteroatoms. The number of nitrogens with zero attached hydrogens (tertiary/aromatic N) is 2. The lowest BCUT2D eigenvalue weighted by Gasteiger charge is -2.48. The van der Waals surface area contributed by atoms with Gasteiger partial charge in [-0.15, -0.1) is 0 Å². The van der Waals surface area contributed by atoms with E-state index in [1.807, 2.05) is 0 Å². The molecule has 0 radical (unpaired) electrons. The average molecular weight is 343 g/mol. The van der Waals surface area contributed by atoms with Crippen LogP contribution in [0.2, 0.25) is 0 Å². The van der Waals surface area contributed by atoms with Crippen molar-refractivity contribution in [1.29, 1.82) is 0 Å². The second kappa shape index (κ2) is 5.29. The number of hydrogen-bond donors (Lipinski definition) is 1. The smallest absolute Gasteiger partial charge is 0.116 e. The molecule has 4 aliphatic rings. The number of rotatable bonds is 2. The number of fused-ring (bicyclic) bond motifs is 4. The second-order valence-corrected chi connectivity index (χ2v) is 8.33. The van der Waals surface area contributed by atoms with Gasteiger partial charge in [-0.1, -0.05) is 42.0 Å². The van der Waals surface area contributed by atoms with Crippen molar-refractivity contribution in [2.24, 2.45) is 10.1 Å². The molecule has 1 heterocycles. The first-order valence-electron chi connectivity index (χ1n) is 9.67. The summed E-state index contributed by atoms with van der Waals surface area (Å²) < 4.78 is 0. The molecule has 1 N–H and O–H groups in total. The van der Waals surface area contributed by atoms with Crippen LogP contribution < -0.4 is 5.43 Å². The first-order valence-corrected chi connectivity index (χ1v) is 9.67. The predicted octanol–water partition coefficient (Wildman–Crippen LogP) is 4.76. The summed E-state index contributed by atoms with van der Waals surface area (Å²) in [5.74, 6) is 0.398. The van der Waals surface area contributed by atoms with Crippen molar-refractivity contribution in [2.45, 2.75) is 58.0 Å². The Morgan fingerprint density at radius 2 is 1.96 bits per heavy atom. The van der Waals surface area contributed by atoms with Crippen LogP contribution in [0.3, 0.4) is 0 Å². The van der Waals surface area contributed by atoms with Crippen LogP contribution in [0.1, 0.15) is 63.1 Å². The molecule has 0 spiro atoms. The van der Waals surface area contributed by atoms with Crippen LogP contribution in [0.15, 0.2) is 57.7 Å². The van der Waals surface area contributed by atoms with E-state index < -0.39 is 0 Å². The van der Waals surface area contributed by atoms with Gasteiger partial charge in [-0.2, -0.15) is 5.10 Å². The maximum atomic E-state index is 5.26. The molecule has 1 aromatic carbocycles. The second-order valence-electron chi connectivity index (χ2n) is 8.33. The number of nitrogens with one attached hydrogen (secondary N) is 1. The zero-order valence-electron chi connectivity index (χ0n) is 15.9. The van der Waals surface area contributed by atoms with Crippen molar-refractivity contribution in [3.05, 3.63) is 64.3 Å². The van der Waals surface area contributed by atoms with Gasteiger partial charge < -0.3 is 5.43 Å². The third kappa shape index (κ3) is 2.00. The third-order valence-electron chi connectivity index (χ3n) is 5.91. The Labute approximate surface area is 155 Å². The number of allylic oxidation sites excluding steroid dienone is 4. The van der Waals surface area contributed by atoms with Crippen molar-refractivity contribution in [1.82, 2.24) is 5.43 Å². The van der Waals surface area contributed by atoms with E-state index >= 15 is 0 Å². The zero-order chi connectivity index (χ0) is 18.1. The van der Waals surface area contributed by atoms with Crippen molar-refractivity contribution in [2.75, 3.05) is 0 Å². The van der Waals surface area contributed by atoms with Gasteiger partial charge in [-0.3, -0.25) is 4.99 Å². The molecule has 132 valence electrons. The normalized spacial score (nSPS) is 29.6. The summed E-state index contributed by atoms with van der Waals surface area (Å²) in [5, 5.41) is 4.83. The fourth-order valence-electron chi connectivity index (χ4n) is 5.01. The van der Waals surface area contributed by atoms with E-state index in [0.717, 1.165) is 24.3 Å². The highest BCUT2D eigenvalue weighted by Crippen LogP contribution is 2.54. The van der Waals surface area contributed by atoms with E-state index in [-0.39, 0.29) is 5.54 Å². The molecule has 0 amide bonds. The molecule has 3 nitrogen and oxygen atoms in total. The Bertz CT molecular complexity index is 971. The van der Waals surface area contributed by atoms with Crippen molar-refractivity contribution in [3.8, 4) is 0 Å². The predicted molar refractivity (Wildman–Crippen MR) is 109 cm³/mol. The van der Waals surface area contributed by atoms with Gasteiger partial charge in [0.1, 0.15) is 5.71 Å². The highest BCUT2D eigenvalue weighted by atomic mass is 15.3. The van der Waals surface area contributed by atoms with E-state index in [0.29, 0.717) is 12.0 Å². The molecule has 0 saturated carbocycles. The van der Waals surface area contributed by atoms with E-state index in [1.54, 1.807) is 0 Å². The minimum absolute atomic E-state index is 0.139. The lowest BCUT2D eigenvalue weighted by Crippen LogP contribution is -2.46. The summed E-state index contributed by atoms with van der Waals surface area (Å²) in [6, 6.07) is 7.06. The maximum Gasteiger partial charge on any atom is 0.116 e. The number of benzene rings is 1. The summed E-state index contributed by atoms with van der Waals surface area (Å²) in [6.07, 6.45) is 9.20. The topological polar surface area (TPSA) is 36.8 Å². The van der Waals surface area contributed by atoms with Crippen LogP contribution in [0, 0.1) is 0 Å². The fourth-order valence-corrected chi connectivity index (χ4v) is 5.01. The maximum absolute atomic E-state index is 5.26. The molecule has 2 unspecified atom stereocenters. The molecule has 0 saturated heterocycles. The van der Waals surface area contributed by atoms with Crippen LogP contribution in [0.5, 0.6) is 0 Å². The summed E-state index contributed by atoms with van der Waals surface area (Å²) in [4.78, 5) is 5.26. The molecule has 2 atom stereocenters. The molecule has 0 aromatic heterocycles. The van der Waals surface area contributed by atoms with Crippen LogP contribution in [-0.4, -0.2) is 23.0 Å². The summed E-state index contributed by atoms with van der Waals surface area (Å²) in [7, 11) is 0. The first kappa shape index (κ1) is 15.8. The Kier molecular flexibility index (Phi) is 3.22. The first-order chi connectivity index (χ1) is 12.5. The van der Waals surface area contributed by atoms with E-state index in [4.69, 9.17) is 10.1 Å². The van der Waals surface area contributed by atoms with Gasteiger partial charge in [0.15, 0.2) is 0 Å². The van der Waals surface area contributed by atoms with Crippen LogP contribution in [0.4, 0.5) is 0 Å². The minimum atomic E-state index is -0.139. The van der Waals surface area contributed by atoms with E-state index in [1.165, 1.54) is 33.4 Å². The van der Waals surface area contributed by atoms with Gasteiger partial charge in [0.2, 0.25) is 0 Å². The molecular formula is C23H25N3. The molecule has 5 rings (SSSR count). The van der Waals surface area contributed by atoms with E-state index in [2.05, 4.69) is 69.5 Å². The summed E-state index contributed by atoms with van der Waals surface area (Å²) >= 11 is 0. The largest absolute Gasteiger partial charge is 0.307 e. The van der Waals surface area contributed by atoms with Gasteiger partial charge in [0, 0.05) is 23.1 Å². The minimum Gasteiger partial charge on any atom is -0.307 e.